The van der Waals surface area contributed by atoms with E-state index in [1.165, 1.54) is 0 Å². The first-order chi connectivity index (χ1) is 11.6. The Balaban J connectivity index is 1.96. The molecule has 0 spiro atoms. The molecule has 1 heterocycles. The number of anilines is 2. The minimum Gasteiger partial charge on any atom is -0.478 e. The van der Waals surface area contributed by atoms with Crippen molar-refractivity contribution in [2.45, 2.75) is 13.8 Å². The Morgan fingerprint density at radius 1 is 1.00 bits per heavy atom. The van der Waals surface area contributed by atoms with Crippen LogP contribution in [0.15, 0.2) is 60.8 Å². The van der Waals surface area contributed by atoms with Gasteiger partial charge in [0.1, 0.15) is 0 Å². The number of aryl methyl sites for hydroxylation is 2. The molecule has 0 atom stereocenters. The van der Waals surface area contributed by atoms with E-state index in [2.05, 4.69) is 10.3 Å². The maximum absolute atomic E-state index is 11.4. The number of hydrogen-bond donors (Lipinski definition) is 2. The quantitative estimate of drug-likeness (QED) is 0.725. The lowest BCUT2D eigenvalue weighted by atomic mass is 10.1. The van der Waals surface area contributed by atoms with Gasteiger partial charge in [0.2, 0.25) is 0 Å². The van der Waals surface area contributed by atoms with Crippen molar-refractivity contribution in [1.82, 2.24) is 4.98 Å². The highest BCUT2D eigenvalue weighted by atomic mass is 16.4. The number of nitrogens with zero attached hydrogens (tertiary/aromatic N) is 1. The van der Waals surface area contributed by atoms with Crippen molar-refractivity contribution in [3.63, 3.8) is 0 Å². The summed E-state index contributed by atoms with van der Waals surface area (Å²) in [6.45, 7) is 3.88. The van der Waals surface area contributed by atoms with Crippen LogP contribution < -0.4 is 5.32 Å². The second-order valence-corrected chi connectivity index (χ2v) is 5.68. The smallest absolute Gasteiger partial charge is 0.337 e. The van der Waals surface area contributed by atoms with Gasteiger partial charge in [-0.3, -0.25) is 4.98 Å². The summed E-state index contributed by atoms with van der Waals surface area (Å²) in [4.78, 5) is 16.0. The minimum atomic E-state index is -0.952. The van der Waals surface area contributed by atoms with Crippen molar-refractivity contribution in [2.75, 3.05) is 5.32 Å². The SMILES string of the molecule is Cc1cc(Nc2c(C)cccc2C(=O)O)cnc1-c1ccccc1. The molecule has 24 heavy (non-hydrogen) atoms. The van der Waals surface area contributed by atoms with Gasteiger partial charge in [-0.15, -0.1) is 0 Å². The molecule has 0 aliphatic carbocycles. The van der Waals surface area contributed by atoms with Gasteiger partial charge in [0.05, 0.1) is 28.8 Å². The summed E-state index contributed by atoms with van der Waals surface area (Å²) < 4.78 is 0. The predicted molar refractivity (Wildman–Crippen MR) is 95.8 cm³/mol. The molecule has 0 amide bonds. The molecule has 0 saturated heterocycles. The maximum Gasteiger partial charge on any atom is 0.337 e. The average molecular weight is 318 g/mol. The van der Waals surface area contributed by atoms with E-state index in [9.17, 15) is 9.90 Å². The summed E-state index contributed by atoms with van der Waals surface area (Å²) >= 11 is 0. The number of carboxylic acids is 1. The number of carboxylic acid groups (broad SMARTS) is 1. The van der Waals surface area contributed by atoms with Crippen LogP contribution in [0, 0.1) is 13.8 Å². The zero-order valence-electron chi connectivity index (χ0n) is 13.6. The summed E-state index contributed by atoms with van der Waals surface area (Å²) in [7, 11) is 0. The van der Waals surface area contributed by atoms with Crippen LogP contribution in [0.5, 0.6) is 0 Å². The van der Waals surface area contributed by atoms with Crippen molar-refractivity contribution in [3.8, 4) is 11.3 Å². The van der Waals surface area contributed by atoms with E-state index in [4.69, 9.17) is 0 Å². The van der Waals surface area contributed by atoms with Crippen LogP contribution in [0.3, 0.4) is 0 Å². The molecule has 0 unspecified atom stereocenters. The largest absolute Gasteiger partial charge is 0.478 e. The summed E-state index contributed by atoms with van der Waals surface area (Å²) in [5, 5.41) is 12.6. The number of pyridine rings is 1. The van der Waals surface area contributed by atoms with Crippen LogP contribution in [0.4, 0.5) is 11.4 Å². The van der Waals surface area contributed by atoms with Gasteiger partial charge in [-0.1, -0.05) is 42.5 Å². The van der Waals surface area contributed by atoms with Crippen LogP contribution in [-0.4, -0.2) is 16.1 Å². The normalized spacial score (nSPS) is 10.4. The third-order valence-corrected chi connectivity index (χ3v) is 3.90. The number of hydrogen-bond acceptors (Lipinski definition) is 3. The Morgan fingerprint density at radius 2 is 1.75 bits per heavy atom. The van der Waals surface area contributed by atoms with Gasteiger partial charge in [0, 0.05) is 5.56 Å². The number of aromatic nitrogens is 1. The maximum atomic E-state index is 11.4. The molecule has 2 aromatic carbocycles. The van der Waals surface area contributed by atoms with E-state index >= 15 is 0 Å². The van der Waals surface area contributed by atoms with Crippen LogP contribution in [0.2, 0.25) is 0 Å². The first-order valence-electron chi connectivity index (χ1n) is 7.68. The molecule has 0 saturated carbocycles. The molecule has 3 aromatic rings. The van der Waals surface area contributed by atoms with Crippen molar-refractivity contribution >= 4 is 17.3 Å². The van der Waals surface area contributed by atoms with Gasteiger partial charge in [-0.2, -0.15) is 0 Å². The van der Waals surface area contributed by atoms with Gasteiger partial charge in [-0.05, 0) is 37.1 Å². The highest BCUT2D eigenvalue weighted by Crippen LogP contribution is 2.28. The Kier molecular flexibility index (Phi) is 4.29. The zero-order chi connectivity index (χ0) is 17.1. The lowest BCUT2D eigenvalue weighted by Gasteiger charge is -2.14. The Morgan fingerprint density at radius 3 is 2.42 bits per heavy atom. The fourth-order valence-corrected chi connectivity index (χ4v) is 2.70. The van der Waals surface area contributed by atoms with Crippen LogP contribution in [0.25, 0.3) is 11.3 Å². The minimum absolute atomic E-state index is 0.250. The zero-order valence-corrected chi connectivity index (χ0v) is 13.6. The van der Waals surface area contributed by atoms with Gasteiger partial charge in [0.25, 0.3) is 0 Å². The second-order valence-electron chi connectivity index (χ2n) is 5.68. The second kappa shape index (κ2) is 6.54. The Bertz CT molecular complexity index is 889. The number of nitrogens with one attached hydrogen (secondary N) is 1. The molecular formula is C20H18N2O2. The van der Waals surface area contributed by atoms with E-state index in [1.807, 2.05) is 56.3 Å². The predicted octanol–water partition coefficient (Wildman–Crippen LogP) is 4.81. The summed E-state index contributed by atoms with van der Waals surface area (Å²) in [6, 6.07) is 17.2. The number of para-hydroxylation sites is 1. The van der Waals surface area contributed by atoms with Crippen LogP contribution in [0.1, 0.15) is 21.5 Å². The van der Waals surface area contributed by atoms with E-state index in [-0.39, 0.29) is 5.56 Å². The van der Waals surface area contributed by atoms with Crippen LogP contribution >= 0.6 is 0 Å². The molecule has 1 aromatic heterocycles. The fourth-order valence-electron chi connectivity index (χ4n) is 2.70. The third-order valence-electron chi connectivity index (χ3n) is 3.90. The molecule has 4 nitrogen and oxygen atoms in total. The molecule has 0 aliphatic rings. The lowest BCUT2D eigenvalue weighted by molar-refractivity contribution is 0.0698. The average Bonchev–Trinajstić information content (AvgIpc) is 2.57. The van der Waals surface area contributed by atoms with E-state index in [1.54, 1.807) is 18.3 Å². The van der Waals surface area contributed by atoms with Crippen LogP contribution in [-0.2, 0) is 0 Å². The highest BCUT2D eigenvalue weighted by molar-refractivity contribution is 5.96. The highest BCUT2D eigenvalue weighted by Gasteiger charge is 2.13. The van der Waals surface area contributed by atoms with E-state index < -0.39 is 5.97 Å². The van der Waals surface area contributed by atoms with E-state index in [0.29, 0.717) is 5.69 Å². The van der Waals surface area contributed by atoms with Gasteiger partial charge < -0.3 is 10.4 Å². The molecule has 0 radical (unpaired) electrons. The molecule has 0 fully saturated rings. The third kappa shape index (κ3) is 3.13. The molecule has 0 bridgehead atoms. The lowest BCUT2D eigenvalue weighted by Crippen LogP contribution is -2.05. The first kappa shape index (κ1) is 15.7. The van der Waals surface area contributed by atoms with E-state index in [0.717, 1.165) is 28.1 Å². The van der Waals surface area contributed by atoms with Crippen molar-refractivity contribution in [3.05, 3.63) is 77.5 Å². The van der Waals surface area contributed by atoms with Crippen molar-refractivity contribution < 1.29 is 9.90 Å². The van der Waals surface area contributed by atoms with Crippen molar-refractivity contribution in [2.24, 2.45) is 0 Å². The molecule has 120 valence electrons. The number of carbonyl (C=O) groups is 1. The molecule has 3 rings (SSSR count). The Labute approximate surface area is 140 Å². The summed E-state index contributed by atoms with van der Waals surface area (Å²) in [5.41, 5.74) is 5.49. The number of benzene rings is 2. The van der Waals surface area contributed by atoms with Gasteiger partial charge in [0.15, 0.2) is 0 Å². The molecule has 2 N–H and O–H groups in total. The van der Waals surface area contributed by atoms with Crippen molar-refractivity contribution in [1.29, 1.82) is 0 Å². The number of aromatic carboxylic acids is 1. The monoisotopic (exact) mass is 318 g/mol. The summed E-state index contributed by atoms with van der Waals surface area (Å²) in [5.74, 6) is -0.952. The first-order valence-corrected chi connectivity index (χ1v) is 7.68. The number of rotatable bonds is 4. The Hall–Kier alpha value is -3.14. The standard InChI is InChI=1S/C20H18N2O2/c1-13-7-6-10-17(20(23)24)19(13)22-16-11-14(2)18(21-12-16)15-8-4-3-5-9-15/h3-12,22H,1-2H3,(H,23,24). The van der Waals surface area contributed by atoms with Gasteiger partial charge >= 0.3 is 5.97 Å². The molecule has 0 aliphatic heterocycles. The summed E-state index contributed by atoms with van der Waals surface area (Å²) in [6.07, 6.45) is 1.73. The fraction of sp³-hybridized carbons (Fsp3) is 0.100. The molecule has 4 heteroatoms. The van der Waals surface area contributed by atoms with Gasteiger partial charge in [-0.25, -0.2) is 4.79 Å². The topological polar surface area (TPSA) is 62.2 Å². The molecular weight excluding hydrogens is 300 g/mol.